The Labute approximate surface area is 101 Å². The maximum atomic E-state index is 11.1. The van der Waals surface area contributed by atoms with E-state index in [2.05, 4.69) is 39.4 Å². The molecule has 0 saturated carbocycles. The zero-order chi connectivity index (χ0) is 12.3. The van der Waals surface area contributed by atoms with Gasteiger partial charge in [0, 0.05) is 38.3 Å². The molecule has 94 valence electrons. The lowest BCUT2D eigenvalue weighted by Crippen LogP contribution is -2.52. The lowest BCUT2D eigenvalue weighted by molar-refractivity contribution is 0.122. The van der Waals surface area contributed by atoms with Crippen molar-refractivity contribution < 1.29 is 0 Å². The number of likely N-dealkylation sites (N-methyl/N-ethyl adjacent to an activating group) is 2. The van der Waals surface area contributed by atoms with E-state index in [9.17, 15) is 4.79 Å². The van der Waals surface area contributed by atoms with Gasteiger partial charge >= 0.3 is 0 Å². The number of aromatic amines is 1. The van der Waals surface area contributed by atoms with E-state index in [4.69, 9.17) is 0 Å². The van der Waals surface area contributed by atoms with Crippen LogP contribution < -0.4 is 10.9 Å². The second-order valence-corrected chi connectivity index (χ2v) is 4.61. The lowest BCUT2D eigenvalue weighted by Gasteiger charge is -2.37. The van der Waals surface area contributed by atoms with E-state index in [0.717, 1.165) is 31.9 Å². The van der Waals surface area contributed by atoms with Crippen molar-refractivity contribution in [2.24, 2.45) is 0 Å². The minimum atomic E-state index is -0.177. The third kappa shape index (κ3) is 3.28. The van der Waals surface area contributed by atoms with Crippen LogP contribution in [0.3, 0.4) is 0 Å². The first-order valence-electron chi connectivity index (χ1n) is 5.82. The van der Waals surface area contributed by atoms with Crippen molar-refractivity contribution in [3.8, 4) is 0 Å². The van der Waals surface area contributed by atoms with Crippen LogP contribution in [0.5, 0.6) is 0 Å². The van der Waals surface area contributed by atoms with E-state index in [0.29, 0.717) is 6.04 Å². The van der Waals surface area contributed by atoms with Crippen LogP contribution in [0.25, 0.3) is 0 Å². The molecule has 1 aromatic rings. The largest absolute Gasteiger partial charge is 0.382 e. The first-order valence-corrected chi connectivity index (χ1v) is 5.82. The third-order valence-electron chi connectivity index (χ3n) is 3.19. The van der Waals surface area contributed by atoms with E-state index in [-0.39, 0.29) is 5.56 Å². The molecule has 0 aliphatic carbocycles. The number of piperazine rings is 1. The molecule has 6 nitrogen and oxygen atoms in total. The molecule has 1 saturated heterocycles. The van der Waals surface area contributed by atoms with Crippen LogP contribution in [0.2, 0.25) is 0 Å². The highest BCUT2D eigenvalue weighted by atomic mass is 16.1. The fraction of sp³-hybridized carbons (Fsp3) is 0.636. The average molecular weight is 237 g/mol. The Kier molecular flexibility index (Phi) is 3.75. The summed E-state index contributed by atoms with van der Waals surface area (Å²) in [6.45, 7) is 4.06. The van der Waals surface area contributed by atoms with E-state index in [1.165, 1.54) is 6.07 Å². The van der Waals surface area contributed by atoms with Crippen molar-refractivity contribution >= 4 is 5.69 Å². The maximum absolute atomic E-state index is 11.1. The molecular weight excluding hydrogens is 218 g/mol. The van der Waals surface area contributed by atoms with Gasteiger partial charge in [-0.2, -0.15) is 5.10 Å². The van der Waals surface area contributed by atoms with Gasteiger partial charge in [0.2, 0.25) is 0 Å². The quantitative estimate of drug-likeness (QED) is 0.737. The van der Waals surface area contributed by atoms with Gasteiger partial charge in [0.1, 0.15) is 0 Å². The van der Waals surface area contributed by atoms with Gasteiger partial charge in [-0.1, -0.05) is 0 Å². The molecule has 2 rings (SSSR count). The molecule has 0 spiro atoms. The van der Waals surface area contributed by atoms with E-state index in [1.54, 1.807) is 6.20 Å². The van der Waals surface area contributed by atoms with E-state index >= 15 is 0 Å². The molecule has 1 unspecified atom stereocenters. The second kappa shape index (κ2) is 5.29. The van der Waals surface area contributed by atoms with Crippen LogP contribution >= 0.6 is 0 Å². The molecule has 0 bridgehead atoms. The maximum Gasteiger partial charge on any atom is 0.266 e. The summed E-state index contributed by atoms with van der Waals surface area (Å²) >= 11 is 0. The average Bonchev–Trinajstić information content (AvgIpc) is 2.30. The summed E-state index contributed by atoms with van der Waals surface area (Å²) < 4.78 is 0. The van der Waals surface area contributed by atoms with Gasteiger partial charge in [0.25, 0.3) is 5.56 Å². The number of aromatic nitrogens is 2. The van der Waals surface area contributed by atoms with E-state index in [1.807, 2.05) is 0 Å². The second-order valence-electron chi connectivity index (χ2n) is 4.61. The molecule has 0 aromatic carbocycles. The summed E-state index contributed by atoms with van der Waals surface area (Å²) in [4.78, 5) is 15.7. The topological polar surface area (TPSA) is 64.3 Å². The molecule has 1 fully saturated rings. The Balaban J connectivity index is 1.91. The van der Waals surface area contributed by atoms with Crippen molar-refractivity contribution in [1.82, 2.24) is 20.0 Å². The number of nitrogens with zero attached hydrogens (tertiary/aromatic N) is 3. The third-order valence-corrected chi connectivity index (χ3v) is 3.19. The van der Waals surface area contributed by atoms with Crippen molar-refractivity contribution in [2.45, 2.75) is 6.04 Å². The number of hydrogen-bond acceptors (Lipinski definition) is 5. The van der Waals surface area contributed by atoms with Crippen molar-refractivity contribution in [2.75, 3.05) is 45.6 Å². The molecule has 1 aliphatic rings. The van der Waals surface area contributed by atoms with Gasteiger partial charge in [-0.3, -0.25) is 9.69 Å². The number of H-pyrrole nitrogens is 1. The van der Waals surface area contributed by atoms with E-state index < -0.39 is 0 Å². The Morgan fingerprint density at radius 3 is 3.12 bits per heavy atom. The highest BCUT2D eigenvalue weighted by Crippen LogP contribution is 2.07. The number of nitrogens with one attached hydrogen (secondary N) is 2. The molecule has 1 aromatic heterocycles. The summed E-state index contributed by atoms with van der Waals surface area (Å²) in [6.07, 6.45) is 1.63. The Hall–Kier alpha value is -1.40. The zero-order valence-electron chi connectivity index (χ0n) is 10.3. The van der Waals surface area contributed by atoms with Gasteiger partial charge in [-0.15, -0.1) is 0 Å². The van der Waals surface area contributed by atoms with Crippen LogP contribution in [0.4, 0.5) is 5.69 Å². The highest BCUT2D eigenvalue weighted by Gasteiger charge is 2.21. The normalized spacial score (nSPS) is 22.6. The minimum absolute atomic E-state index is 0.177. The van der Waals surface area contributed by atoms with Gasteiger partial charge in [-0.05, 0) is 14.1 Å². The molecule has 2 N–H and O–H groups in total. The summed E-state index contributed by atoms with van der Waals surface area (Å²) in [5, 5.41) is 9.37. The fourth-order valence-electron chi connectivity index (χ4n) is 2.03. The summed E-state index contributed by atoms with van der Waals surface area (Å²) in [5.74, 6) is 0. The fourth-order valence-corrected chi connectivity index (χ4v) is 2.03. The van der Waals surface area contributed by atoms with Gasteiger partial charge in [0.05, 0.1) is 11.9 Å². The van der Waals surface area contributed by atoms with Gasteiger partial charge in [0.15, 0.2) is 0 Å². The first kappa shape index (κ1) is 12.1. The monoisotopic (exact) mass is 237 g/mol. The van der Waals surface area contributed by atoms with Crippen molar-refractivity contribution in [3.05, 3.63) is 22.6 Å². The van der Waals surface area contributed by atoms with Crippen LogP contribution in [-0.2, 0) is 0 Å². The minimum Gasteiger partial charge on any atom is -0.382 e. The van der Waals surface area contributed by atoms with Crippen molar-refractivity contribution in [1.29, 1.82) is 0 Å². The zero-order valence-corrected chi connectivity index (χ0v) is 10.3. The van der Waals surface area contributed by atoms with Crippen LogP contribution in [0.1, 0.15) is 0 Å². The Bertz CT molecular complexity index is 418. The molecule has 2 heterocycles. The molecule has 0 amide bonds. The van der Waals surface area contributed by atoms with Crippen LogP contribution in [0, 0.1) is 0 Å². The predicted molar refractivity (Wildman–Crippen MR) is 67.3 cm³/mol. The Morgan fingerprint density at radius 2 is 2.35 bits per heavy atom. The molecular formula is C11H19N5O. The van der Waals surface area contributed by atoms with Crippen LogP contribution in [-0.4, -0.2) is 66.3 Å². The Morgan fingerprint density at radius 1 is 1.53 bits per heavy atom. The molecule has 6 heteroatoms. The van der Waals surface area contributed by atoms with Crippen LogP contribution in [0.15, 0.2) is 17.1 Å². The number of anilines is 1. The summed E-state index contributed by atoms with van der Waals surface area (Å²) in [5.41, 5.74) is 0.597. The number of rotatable bonds is 3. The number of hydrogen-bond donors (Lipinski definition) is 2. The molecule has 0 radical (unpaired) electrons. The summed E-state index contributed by atoms with van der Waals surface area (Å²) in [7, 11) is 4.27. The first-order chi connectivity index (χ1) is 8.15. The molecule has 1 atom stereocenters. The standard InChI is InChI=1S/C11H19N5O/c1-15-3-4-16(2)10(8-15)7-12-9-5-11(17)14-13-6-9/h5-6,10H,3-4,7-8H2,1-2H3,(H2,12,14,17). The van der Waals surface area contributed by atoms with Gasteiger partial charge in [-0.25, -0.2) is 5.10 Å². The molecule has 1 aliphatic heterocycles. The SMILES string of the molecule is CN1CCN(C)C(CNc2cn[nH]c(=O)c2)C1. The smallest absolute Gasteiger partial charge is 0.266 e. The lowest BCUT2D eigenvalue weighted by atomic mass is 10.2. The summed E-state index contributed by atoms with van der Waals surface area (Å²) in [6, 6.07) is 1.99. The van der Waals surface area contributed by atoms with Gasteiger partial charge < -0.3 is 10.2 Å². The predicted octanol–water partition coefficient (Wildman–Crippen LogP) is -0.572. The highest BCUT2D eigenvalue weighted by molar-refractivity contribution is 5.38. The molecule has 17 heavy (non-hydrogen) atoms. The van der Waals surface area contributed by atoms with Crippen molar-refractivity contribution in [3.63, 3.8) is 0 Å².